The van der Waals surface area contributed by atoms with Gasteiger partial charge in [0.25, 0.3) is 0 Å². The van der Waals surface area contributed by atoms with Crippen molar-refractivity contribution in [2.75, 3.05) is 6.61 Å². The third kappa shape index (κ3) is 2.02. The van der Waals surface area contributed by atoms with E-state index in [1.165, 1.54) is 5.56 Å². The number of imidazole rings is 1. The summed E-state index contributed by atoms with van der Waals surface area (Å²) >= 11 is 0. The molecule has 1 aliphatic rings. The molecule has 1 aliphatic heterocycles. The van der Waals surface area contributed by atoms with Gasteiger partial charge in [-0.05, 0) is 43.5 Å². The van der Waals surface area contributed by atoms with Crippen LogP contribution in [-0.4, -0.2) is 16.2 Å². The van der Waals surface area contributed by atoms with Gasteiger partial charge in [0, 0.05) is 19.2 Å². The highest BCUT2D eigenvalue weighted by Gasteiger charge is 2.16. The maximum absolute atomic E-state index is 5.85. The summed E-state index contributed by atoms with van der Waals surface area (Å²) in [6.45, 7) is 3.33. The van der Waals surface area contributed by atoms with Crippen molar-refractivity contribution < 1.29 is 4.74 Å². The number of ether oxygens (including phenoxy) is 1. The fraction of sp³-hybridized carbons (Fsp3) is 0.400. The summed E-state index contributed by atoms with van der Waals surface area (Å²) in [5.74, 6) is 2.00. The molecule has 0 spiro atoms. The van der Waals surface area contributed by atoms with E-state index in [0.717, 1.165) is 48.0 Å². The monoisotopic (exact) mass is 257 g/mol. The van der Waals surface area contributed by atoms with E-state index in [9.17, 15) is 0 Å². The highest BCUT2D eigenvalue weighted by atomic mass is 16.5. The number of aromatic nitrogens is 2. The molecule has 19 heavy (non-hydrogen) atoms. The Morgan fingerprint density at radius 1 is 1.42 bits per heavy atom. The predicted molar refractivity (Wildman–Crippen MR) is 75.1 cm³/mol. The van der Waals surface area contributed by atoms with Crippen LogP contribution < -0.4 is 10.5 Å². The number of fused-ring (bicyclic) bond motifs is 1. The van der Waals surface area contributed by atoms with E-state index in [4.69, 9.17) is 10.5 Å². The summed E-state index contributed by atoms with van der Waals surface area (Å²) in [5.41, 5.74) is 10.3. The summed E-state index contributed by atoms with van der Waals surface area (Å²) < 4.78 is 7.71. The van der Waals surface area contributed by atoms with Crippen LogP contribution in [0.15, 0.2) is 18.2 Å². The van der Waals surface area contributed by atoms with Gasteiger partial charge in [-0.1, -0.05) is 0 Å². The molecule has 0 fully saturated rings. The van der Waals surface area contributed by atoms with Crippen molar-refractivity contribution >= 4 is 0 Å². The number of hydrogen-bond acceptors (Lipinski definition) is 3. The Bertz CT molecular complexity index is 616. The third-order valence-electron chi connectivity index (χ3n) is 3.81. The zero-order valence-electron chi connectivity index (χ0n) is 11.4. The van der Waals surface area contributed by atoms with Gasteiger partial charge in [-0.3, -0.25) is 0 Å². The number of aryl methyl sites for hydroxylation is 2. The highest BCUT2D eigenvalue weighted by Crippen LogP contribution is 2.31. The number of nitrogens with two attached hydrogens (primary N) is 1. The van der Waals surface area contributed by atoms with Gasteiger partial charge in [-0.25, -0.2) is 4.98 Å². The van der Waals surface area contributed by atoms with Crippen LogP contribution in [0, 0.1) is 6.92 Å². The van der Waals surface area contributed by atoms with Gasteiger partial charge in [0.05, 0.1) is 18.0 Å². The van der Waals surface area contributed by atoms with E-state index in [-0.39, 0.29) is 0 Å². The lowest BCUT2D eigenvalue weighted by Crippen LogP contribution is -2.08. The molecular formula is C15H19N3O. The fourth-order valence-corrected chi connectivity index (χ4v) is 2.63. The molecule has 2 aromatic rings. The van der Waals surface area contributed by atoms with E-state index >= 15 is 0 Å². The molecule has 0 saturated carbocycles. The topological polar surface area (TPSA) is 53.1 Å². The number of rotatable bonds is 2. The van der Waals surface area contributed by atoms with Crippen LogP contribution in [0.5, 0.6) is 5.75 Å². The summed E-state index contributed by atoms with van der Waals surface area (Å²) in [6, 6.07) is 6.31. The van der Waals surface area contributed by atoms with Gasteiger partial charge >= 0.3 is 0 Å². The molecular weight excluding hydrogens is 238 g/mol. The van der Waals surface area contributed by atoms with E-state index in [1.807, 2.05) is 20.0 Å². The first-order valence-electron chi connectivity index (χ1n) is 6.69. The Morgan fingerprint density at radius 2 is 2.26 bits per heavy atom. The minimum Gasteiger partial charge on any atom is -0.493 e. The molecule has 100 valence electrons. The zero-order chi connectivity index (χ0) is 13.4. The molecule has 0 unspecified atom stereocenters. The van der Waals surface area contributed by atoms with Crippen molar-refractivity contribution in [2.45, 2.75) is 26.3 Å². The Balaban J connectivity index is 2.09. The predicted octanol–water partition coefficient (Wildman–Crippen LogP) is 2.18. The molecule has 0 aliphatic carbocycles. The molecule has 0 bridgehead atoms. The highest BCUT2D eigenvalue weighted by molar-refractivity contribution is 5.65. The molecule has 0 saturated heterocycles. The molecule has 4 heteroatoms. The van der Waals surface area contributed by atoms with E-state index < -0.39 is 0 Å². The molecule has 3 rings (SSSR count). The Kier molecular flexibility index (Phi) is 3.03. The molecule has 0 amide bonds. The lowest BCUT2D eigenvalue weighted by atomic mass is 10.0. The van der Waals surface area contributed by atoms with Gasteiger partial charge < -0.3 is 15.0 Å². The van der Waals surface area contributed by atoms with Crippen LogP contribution in [0.25, 0.3) is 11.3 Å². The average molecular weight is 257 g/mol. The minimum absolute atomic E-state index is 0.500. The van der Waals surface area contributed by atoms with Crippen LogP contribution >= 0.6 is 0 Å². The van der Waals surface area contributed by atoms with Crippen LogP contribution in [0.3, 0.4) is 0 Å². The largest absolute Gasteiger partial charge is 0.493 e. The van der Waals surface area contributed by atoms with Gasteiger partial charge in [0.1, 0.15) is 11.6 Å². The lowest BCUT2D eigenvalue weighted by Gasteiger charge is -2.17. The summed E-state index contributed by atoms with van der Waals surface area (Å²) in [6.07, 6.45) is 2.16. The van der Waals surface area contributed by atoms with Crippen LogP contribution in [-0.2, 0) is 20.0 Å². The molecule has 2 heterocycles. The van der Waals surface area contributed by atoms with Crippen molar-refractivity contribution in [3.63, 3.8) is 0 Å². The Labute approximate surface area is 113 Å². The van der Waals surface area contributed by atoms with E-state index in [2.05, 4.69) is 21.7 Å². The molecule has 0 atom stereocenters. The van der Waals surface area contributed by atoms with Gasteiger partial charge in [0.15, 0.2) is 0 Å². The molecule has 1 aromatic heterocycles. The van der Waals surface area contributed by atoms with Crippen molar-refractivity contribution in [1.29, 1.82) is 0 Å². The smallest absolute Gasteiger partial charge is 0.122 e. The molecule has 4 nitrogen and oxygen atoms in total. The maximum atomic E-state index is 5.85. The van der Waals surface area contributed by atoms with Crippen molar-refractivity contribution in [3.05, 3.63) is 35.3 Å². The average Bonchev–Trinajstić information content (AvgIpc) is 2.74. The van der Waals surface area contributed by atoms with Crippen molar-refractivity contribution in [2.24, 2.45) is 12.8 Å². The Morgan fingerprint density at radius 3 is 3.05 bits per heavy atom. The summed E-state index contributed by atoms with van der Waals surface area (Å²) in [4.78, 5) is 4.64. The number of hydrogen-bond donors (Lipinski definition) is 1. The zero-order valence-corrected chi connectivity index (χ0v) is 11.4. The van der Waals surface area contributed by atoms with Gasteiger partial charge in [-0.15, -0.1) is 0 Å². The first-order chi connectivity index (χ1) is 9.20. The second-order valence-electron chi connectivity index (χ2n) is 4.99. The van der Waals surface area contributed by atoms with E-state index in [1.54, 1.807) is 0 Å². The normalized spacial score (nSPS) is 14.1. The second kappa shape index (κ2) is 4.70. The molecule has 1 aromatic carbocycles. The van der Waals surface area contributed by atoms with Crippen molar-refractivity contribution in [1.82, 2.24) is 9.55 Å². The Hall–Kier alpha value is -1.81. The molecule has 0 radical (unpaired) electrons. The fourth-order valence-electron chi connectivity index (χ4n) is 2.63. The maximum Gasteiger partial charge on any atom is 0.122 e. The second-order valence-corrected chi connectivity index (χ2v) is 4.99. The number of benzene rings is 1. The summed E-state index contributed by atoms with van der Waals surface area (Å²) in [5, 5.41) is 0. The molecule has 2 N–H and O–H groups in total. The van der Waals surface area contributed by atoms with Crippen LogP contribution in [0.2, 0.25) is 0 Å². The lowest BCUT2D eigenvalue weighted by molar-refractivity contribution is 0.288. The standard InChI is InChI=1S/C15H19N3O/c1-10-17-15(13(9-16)18(10)2)12-5-6-14-11(8-12)4-3-7-19-14/h5-6,8H,3-4,7,9,16H2,1-2H3. The quantitative estimate of drug-likeness (QED) is 0.897. The SMILES string of the molecule is Cc1nc(-c2ccc3c(c2)CCCO3)c(CN)n1C. The number of nitrogens with zero attached hydrogens (tertiary/aromatic N) is 2. The van der Waals surface area contributed by atoms with Gasteiger partial charge in [0.2, 0.25) is 0 Å². The van der Waals surface area contributed by atoms with Crippen LogP contribution in [0.4, 0.5) is 0 Å². The third-order valence-corrected chi connectivity index (χ3v) is 3.81. The van der Waals surface area contributed by atoms with Gasteiger partial charge in [-0.2, -0.15) is 0 Å². The minimum atomic E-state index is 0.500. The van der Waals surface area contributed by atoms with Crippen molar-refractivity contribution in [3.8, 4) is 17.0 Å². The summed E-state index contributed by atoms with van der Waals surface area (Å²) in [7, 11) is 2.01. The van der Waals surface area contributed by atoms with Crippen LogP contribution in [0.1, 0.15) is 23.5 Å². The first-order valence-corrected chi connectivity index (χ1v) is 6.69. The first kappa shape index (κ1) is 12.2. The van der Waals surface area contributed by atoms with E-state index in [0.29, 0.717) is 6.54 Å².